The lowest BCUT2D eigenvalue weighted by molar-refractivity contribution is -0.142. The summed E-state index contributed by atoms with van der Waals surface area (Å²) in [5, 5.41) is 21.6. The SMILES string of the molecule is CC(O)(CNC(=O)C1Cc2cc(Cl)ccc2O1)CC(=O)O. The predicted octanol–water partition coefficient (Wildman–Crippen LogP) is 0.985. The monoisotopic (exact) mass is 313 g/mol. The summed E-state index contributed by atoms with van der Waals surface area (Å²) in [4.78, 5) is 22.6. The Balaban J connectivity index is 1.90. The Morgan fingerprint density at radius 1 is 1.52 bits per heavy atom. The maximum absolute atomic E-state index is 12.0. The van der Waals surface area contributed by atoms with Crippen molar-refractivity contribution in [3.63, 3.8) is 0 Å². The van der Waals surface area contributed by atoms with Crippen LogP contribution in [0.3, 0.4) is 0 Å². The molecular weight excluding hydrogens is 298 g/mol. The molecule has 2 unspecified atom stereocenters. The van der Waals surface area contributed by atoms with Crippen LogP contribution in [0.5, 0.6) is 5.75 Å². The number of carboxylic acid groups (broad SMARTS) is 1. The zero-order valence-corrected chi connectivity index (χ0v) is 12.2. The van der Waals surface area contributed by atoms with Gasteiger partial charge in [0.05, 0.1) is 12.0 Å². The number of halogens is 1. The van der Waals surface area contributed by atoms with E-state index in [0.717, 1.165) is 5.56 Å². The topological polar surface area (TPSA) is 95.9 Å². The summed E-state index contributed by atoms with van der Waals surface area (Å²) >= 11 is 5.88. The number of carbonyl (C=O) groups excluding carboxylic acids is 1. The van der Waals surface area contributed by atoms with Crippen LogP contribution in [0.2, 0.25) is 5.02 Å². The van der Waals surface area contributed by atoms with Crippen molar-refractivity contribution in [2.45, 2.75) is 31.5 Å². The van der Waals surface area contributed by atoms with Crippen LogP contribution in [0, 0.1) is 0 Å². The van der Waals surface area contributed by atoms with Gasteiger partial charge in [-0.05, 0) is 30.7 Å². The van der Waals surface area contributed by atoms with E-state index in [2.05, 4.69) is 5.32 Å². The number of aliphatic hydroxyl groups is 1. The van der Waals surface area contributed by atoms with Crippen LogP contribution >= 0.6 is 11.6 Å². The van der Waals surface area contributed by atoms with Gasteiger partial charge in [-0.3, -0.25) is 9.59 Å². The number of hydrogen-bond acceptors (Lipinski definition) is 4. The molecule has 0 spiro atoms. The largest absolute Gasteiger partial charge is 0.481 e. The maximum Gasteiger partial charge on any atom is 0.306 e. The molecule has 0 aromatic heterocycles. The highest BCUT2D eigenvalue weighted by Crippen LogP contribution is 2.31. The van der Waals surface area contributed by atoms with Crippen molar-refractivity contribution in [2.75, 3.05) is 6.54 Å². The number of carboxylic acids is 1. The van der Waals surface area contributed by atoms with E-state index in [4.69, 9.17) is 21.4 Å². The van der Waals surface area contributed by atoms with Gasteiger partial charge in [0.15, 0.2) is 6.10 Å². The van der Waals surface area contributed by atoms with Gasteiger partial charge in [-0.1, -0.05) is 11.6 Å². The van der Waals surface area contributed by atoms with Crippen molar-refractivity contribution < 1.29 is 24.5 Å². The fraction of sp³-hybridized carbons (Fsp3) is 0.429. The molecule has 0 bridgehead atoms. The minimum absolute atomic E-state index is 0.158. The number of benzene rings is 1. The van der Waals surface area contributed by atoms with Crippen molar-refractivity contribution in [1.29, 1.82) is 0 Å². The zero-order chi connectivity index (χ0) is 15.6. The van der Waals surface area contributed by atoms with Gasteiger partial charge in [0.1, 0.15) is 5.75 Å². The lowest BCUT2D eigenvalue weighted by atomic mass is 10.0. The van der Waals surface area contributed by atoms with Gasteiger partial charge < -0.3 is 20.3 Å². The lowest BCUT2D eigenvalue weighted by Gasteiger charge is -2.22. The number of fused-ring (bicyclic) bond motifs is 1. The standard InChI is InChI=1S/C14H16ClNO5/c1-14(20,6-12(17)18)7-16-13(19)11-5-8-4-9(15)2-3-10(8)21-11/h2-4,11,20H,5-7H2,1H3,(H,16,19)(H,17,18). The van der Waals surface area contributed by atoms with Gasteiger partial charge in [0.25, 0.3) is 5.91 Å². The number of amides is 1. The summed E-state index contributed by atoms with van der Waals surface area (Å²) in [5.41, 5.74) is -0.657. The number of ether oxygens (including phenoxy) is 1. The molecule has 1 aromatic rings. The van der Waals surface area contributed by atoms with E-state index in [0.29, 0.717) is 17.2 Å². The van der Waals surface area contributed by atoms with Crippen LogP contribution in [-0.4, -0.2) is 40.3 Å². The second-order valence-electron chi connectivity index (χ2n) is 5.35. The molecule has 2 rings (SSSR count). The summed E-state index contributed by atoms with van der Waals surface area (Å²) in [5.74, 6) is -0.918. The minimum atomic E-state index is -1.50. The van der Waals surface area contributed by atoms with E-state index in [-0.39, 0.29) is 6.54 Å². The van der Waals surface area contributed by atoms with Crippen molar-refractivity contribution in [3.8, 4) is 5.75 Å². The van der Waals surface area contributed by atoms with Crippen molar-refractivity contribution in [1.82, 2.24) is 5.32 Å². The van der Waals surface area contributed by atoms with Crippen molar-refractivity contribution >= 4 is 23.5 Å². The Labute approximate surface area is 126 Å². The Morgan fingerprint density at radius 2 is 2.24 bits per heavy atom. The molecule has 0 fully saturated rings. The summed E-state index contributed by atoms with van der Waals surface area (Å²) < 4.78 is 5.50. The fourth-order valence-electron chi connectivity index (χ4n) is 2.14. The zero-order valence-electron chi connectivity index (χ0n) is 11.4. The molecule has 2 atom stereocenters. The van der Waals surface area contributed by atoms with Crippen LogP contribution in [0.1, 0.15) is 18.9 Å². The smallest absolute Gasteiger partial charge is 0.306 e. The summed E-state index contributed by atoms with van der Waals surface area (Å²) in [7, 11) is 0. The molecule has 1 amide bonds. The summed E-state index contributed by atoms with van der Waals surface area (Å²) in [6, 6.07) is 5.12. The Bertz CT molecular complexity index is 572. The maximum atomic E-state index is 12.0. The van der Waals surface area contributed by atoms with Gasteiger partial charge >= 0.3 is 5.97 Å². The van der Waals surface area contributed by atoms with Crippen molar-refractivity contribution in [3.05, 3.63) is 28.8 Å². The van der Waals surface area contributed by atoms with Gasteiger partial charge in [0, 0.05) is 18.0 Å². The highest BCUT2D eigenvalue weighted by molar-refractivity contribution is 6.30. The number of nitrogens with one attached hydrogen (secondary N) is 1. The third-order valence-corrected chi connectivity index (χ3v) is 3.40. The Kier molecular flexibility index (Phi) is 4.39. The van der Waals surface area contributed by atoms with E-state index in [1.807, 2.05) is 0 Å². The number of rotatable bonds is 5. The molecule has 114 valence electrons. The van der Waals surface area contributed by atoms with Crippen LogP contribution in [0.4, 0.5) is 0 Å². The number of hydrogen-bond donors (Lipinski definition) is 3. The lowest BCUT2D eigenvalue weighted by Crippen LogP contribution is -2.46. The van der Waals surface area contributed by atoms with Crippen molar-refractivity contribution in [2.24, 2.45) is 0 Å². The average Bonchev–Trinajstić information content (AvgIpc) is 2.77. The summed E-state index contributed by atoms with van der Waals surface area (Å²) in [6.45, 7) is 1.19. The Hall–Kier alpha value is -1.79. The molecular formula is C14H16ClNO5. The quantitative estimate of drug-likeness (QED) is 0.753. The first kappa shape index (κ1) is 15.6. The average molecular weight is 314 g/mol. The van der Waals surface area contributed by atoms with Gasteiger partial charge in [-0.15, -0.1) is 0 Å². The summed E-state index contributed by atoms with van der Waals surface area (Å²) in [6.07, 6.45) is -0.753. The molecule has 1 aliphatic rings. The van der Waals surface area contributed by atoms with Crippen LogP contribution in [0.25, 0.3) is 0 Å². The predicted molar refractivity (Wildman–Crippen MR) is 75.5 cm³/mol. The number of carbonyl (C=O) groups is 2. The van der Waals surface area contributed by atoms with Gasteiger partial charge in [-0.2, -0.15) is 0 Å². The first-order valence-corrected chi connectivity index (χ1v) is 6.81. The van der Waals surface area contributed by atoms with E-state index < -0.39 is 30.0 Å². The highest BCUT2D eigenvalue weighted by Gasteiger charge is 2.31. The Morgan fingerprint density at radius 3 is 2.90 bits per heavy atom. The molecule has 3 N–H and O–H groups in total. The molecule has 0 radical (unpaired) electrons. The second kappa shape index (κ2) is 5.91. The molecule has 0 aliphatic carbocycles. The molecule has 6 nitrogen and oxygen atoms in total. The molecule has 1 heterocycles. The van der Waals surface area contributed by atoms with Crippen LogP contribution in [-0.2, 0) is 16.0 Å². The molecule has 0 saturated carbocycles. The fourth-order valence-corrected chi connectivity index (χ4v) is 2.34. The van der Waals surface area contributed by atoms with Gasteiger partial charge in [-0.25, -0.2) is 0 Å². The van der Waals surface area contributed by atoms with Gasteiger partial charge in [0.2, 0.25) is 0 Å². The normalized spacial score (nSPS) is 19.3. The van der Waals surface area contributed by atoms with Crippen LogP contribution in [0.15, 0.2) is 18.2 Å². The highest BCUT2D eigenvalue weighted by atomic mass is 35.5. The third kappa shape index (κ3) is 4.09. The molecule has 21 heavy (non-hydrogen) atoms. The molecule has 7 heteroatoms. The second-order valence-corrected chi connectivity index (χ2v) is 5.78. The minimum Gasteiger partial charge on any atom is -0.481 e. The van der Waals surface area contributed by atoms with E-state index in [9.17, 15) is 14.7 Å². The van der Waals surface area contributed by atoms with Crippen LogP contribution < -0.4 is 10.1 Å². The van der Waals surface area contributed by atoms with E-state index in [1.54, 1.807) is 18.2 Å². The number of aliphatic carboxylic acids is 1. The third-order valence-electron chi connectivity index (χ3n) is 3.17. The first-order valence-electron chi connectivity index (χ1n) is 6.44. The molecule has 1 aliphatic heterocycles. The molecule has 0 saturated heterocycles. The van der Waals surface area contributed by atoms with E-state index in [1.165, 1.54) is 6.92 Å². The first-order chi connectivity index (χ1) is 9.77. The molecule has 1 aromatic carbocycles. The van der Waals surface area contributed by atoms with E-state index >= 15 is 0 Å².